The molecule has 1 unspecified atom stereocenters. The second-order valence-corrected chi connectivity index (χ2v) is 4.79. The van der Waals surface area contributed by atoms with E-state index in [1.54, 1.807) is 18.6 Å². The molecule has 0 aliphatic heterocycles. The highest BCUT2D eigenvalue weighted by Gasteiger charge is 2.06. The zero-order valence-corrected chi connectivity index (χ0v) is 10.3. The summed E-state index contributed by atoms with van der Waals surface area (Å²) in [7, 11) is 1.69. The first-order chi connectivity index (χ1) is 7.63. The van der Waals surface area contributed by atoms with E-state index in [4.69, 9.17) is 9.84 Å². The van der Waals surface area contributed by atoms with Crippen LogP contribution in [-0.2, 0) is 11.3 Å². The Labute approximate surface area is 99.2 Å². The first-order valence-electron chi connectivity index (χ1n) is 5.14. The molecule has 1 aromatic heterocycles. The summed E-state index contributed by atoms with van der Waals surface area (Å²) >= 11 is 1.47. The predicted molar refractivity (Wildman–Crippen MR) is 64.0 cm³/mol. The molecule has 0 amide bonds. The van der Waals surface area contributed by atoms with Crippen molar-refractivity contribution in [1.29, 1.82) is 0 Å². The lowest BCUT2D eigenvalue weighted by atomic mass is 10.2. The first-order valence-corrected chi connectivity index (χ1v) is 6.01. The van der Waals surface area contributed by atoms with Crippen LogP contribution in [0.4, 0.5) is 0 Å². The normalized spacial score (nSPS) is 12.6. The van der Waals surface area contributed by atoms with Crippen molar-refractivity contribution < 1.29 is 14.6 Å². The van der Waals surface area contributed by atoms with E-state index < -0.39 is 5.97 Å². The summed E-state index contributed by atoms with van der Waals surface area (Å²) in [5, 5.41) is 13.7. The maximum atomic E-state index is 10.7. The number of aromatic carboxylic acids is 1. The van der Waals surface area contributed by atoms with Crippen LogP contribution in [0.5, 0.6) is 0 Å². The van der Waals surface area contributed by atoms with Crippen molar-refractivity contribution in [3.05, 3.63) is 21.9 Å². The molecule has 0 saturated carbocycles. The second-order valence-electron chi connectivity index (χ2n) is 3.80. The van der Waals surface area contributed by atoms with Crippen molar-refractivity contribution in [2.45, 2.75) is 13.5 Å². The fourth-order valence-electron chi connectivity index (χ4n) is 1.37. The monoisotopic (exact) mass is 243 g/mol. The second kappa shape index (κ2) is 6.62. The van der Waals surface area contributed by atoms with Gasteiger partial charge in [-0.25, -0.2) is 4.79 Å². The summed E-state index contributed by atoms with van der Waals surface area (Å²) in [6, 6.07) is 1.71. The molecular formula is C11H17NO3S. The minimum absolute atomic E-state index is 0.367. The highest BCUT2D eigenvalue weighted by molar-refractivity contribution is 7.10. The molecule has 1 atom stereocenters. The van der Waals surface area contributed by atoms with Gasteiger partial charge in [0, 0.05) is 37.1 Å². The molecule has 1 aromatic rings. The first kappa shape index (κ1) is 13.2. The largest absolute Gasteiger partial charge is 0.478 e. The third-order valence-corrected chi connectivity index (χ3v) is 3.08. The number of hydrogen-bond acceptors (Lipinski definition) is 4. The standard InChI is InChI=1S/C11H17NO3S/c1-8(6-15-2)4-12-5-10-3-9(7-16-10)11(13)14/h3,7-8,12H,4-6H2,1-2H3,(H,13,14). The molecule has 0 bridgehead atoms. The third-order valence-electron chi connectivity index (χ3n) is 2.14. The molecule has 0 aliphatic carbocycles. The van der Waals surface area contributed by atoms with E-state index in [9.17, 15) is 4.79 Å². The highest BCUT2D eigenvalue weighted by atomic mass is 32.1. The van der Waals surface area contributed by atoms with E-state index in [0.29, 0.717) is 18.0 Å². The average Bonchev–Trinajstić information content (AvgIpc) is 2.67. The predicted octanol–water partition coefficient (Wildman–Crippen LogP) is 1.82. The molecule has 1 heterocycles. The molecule has 0 saturated heterocycles. The molecule has 0 radical (unpaired) electrons. The molecule has 4 nitrogen and oxygen atoms in total. The van der Waals surface area contributed by atoms with Crippen molar-refractivity contribution in [3.8, 4) is 0 Å². The lowest BCUT2D eigenvalue weighted by molar-refractivity contribution is 0.0697. The number of methoxy groups -OCH3 is 1. The Hall–Kier alpha value is -0.910. The van der Waals surface area contributed by atoms with Gasteiger partial charge >= 0.3 is 5.97 Å². The van der Waals surface area contributed by atoms with Crippen LogP contribution < -0.4 is 5.32 Å². The summed E-state index contributed by atoms with van der Waals surface area (Å²) in [6.07, 6.45) is 0. The van der Waals surface area contributed by atoms with E-state index in [0.717, 1.165) is 18.0 Å². The fraction of sp³-hybridized carbons (Fsp3) is 0.545. The van der Waals surface area contributed by atoms with Crippen LogP contribution in [0.25, 0.3) is 0 Å². The molecule has 0 fully saturated rings. The minimum atomic E-state index is -0.866. The number of carboxylic acid groups (broad SMARTS) is 1. The van der Waals surface area contributed by atoms with E-state index in [1.165, 1.54) is 11.3 Å². The van der Waals surface area contributed by atoms with Crippen LogP contribution in [0, 0.1) is 5.92 Å². The van der Waals surface area contributed by atoms with Gasteiger partial charge in [0.05, 0.1) is 5.56 Å². The van der Waals surface area contributed by atoms with Crippen molar-refractivity contribution in [2.24, 2.45) is 5.92 Å². The van der Waals surface area contributed by atoms with Gasteiger partial charge in [-0.15, -0.1) is 11.3 Å². The van der Waals surface area contributed by atoms with Gasteiger partial charge in [-0.1, -0.05) is 6.92 Å². The van der Waals surface area contributed by atoms with Crippen molar-refractivity contribution in [3.63, 3.8) is 0 Å². The zero-order chi connectivity index (χ0) is 12.0. The van der Waals surface area contributed by atoms with E-state index in [-0.39, 0.29) is 0 Å². The number of nitrogens with one attached hydrogen (secondary N) is 1. The van der Waals surface area contributed by atoms with Gasteiger partial charge < -0.3 is 15.2 Å². The average molecular weight is 243 g/mol. The maximum absolute atomic E-state index is 10.7. The Balaban J connectivity index is 2.29. The lowest BCUT2D eigenvalue weighted by Gasteiger charge is -2.10. The van der Waals surface area contributed by atoms with Crippen LogP contribution in [0.1, 0.15) is 22.2 Å². The molecule has 0 aromatic carbocycles. The number of thiophene rings is 1. The Bertz CT molecular complexity index is 338. The van der Waals surface area contributed by atoms with Gasteiger partial charge in [0.1, 0.15) is 0 Å². The Morgan fingerprint density at radius 3 is 3.00 bits per heavy atom. The van der Waals surface area contributed by atoms with Crippen LogP contribution in [0.15, 0.2) is 11.4 Å². The Morgan fingerprint density at radius 2 is 2.44 bits per heavy atom. The summed E-state index contributed by atoms with van der Waals surface area (Å²) in [5.74, 6) is -0.404. The smallest absolute Gasteiger partial charge is 0.336 e. The molecule has 90 valence electrons. The van der Waals surface area contributed by atoms with Gasteiger partial charge in [-0.3, -0.25) is 0 Å². The van der Waals surface area contributed by atoms with Gasteiger partial charge in [-0.05, 0) is 12.0 Å². The van der Waals surface area contributed by atoms with Crippen molar-refractivity contribution in [2.75, 3.05) is 20.3 Å². The van der Waals surface area contributed by atoms with E-state index in [2.05, 4.69) is 12.2 Å². The van der Waals surface area contributed by atoms with E-state index >= 15 is 0 Å². The number of carbonyl (C=O) groups is 1. The van der Waals surface area contributed by atoms with Crippen LogP contribution >= 0.6 is 11.3 Å². The summed E-state index contributed by atoms with van der Waals surface area (Å²) in [5.41, 5.74) is 0.367. The quantitative estimate of drug-likeness (QED) is 0.767. The zero-order valence-electron chi connectivity index (χ0n) is 9.53. The number of hydrogen-bond donors (Lipinski definition) is 2. The summed E-state index contributed by atoms with van der Waals surface area (Å²) in [6.45, 7) is 4.42. The third kappa shape index (κ3) is 4.30. The van der Waals surface area contributed by atoms with Crippen LogP contribution in [-0.4, -0.2) is 31.3 Å². The molecule has 0 spiro atoms. The van der Waals surface area contributed by atoms with Crippen molar-refractivity contribution in [1.82, 2.24) is 5.32 Å². The van der Waals surface area contributed by atoms with Crippen LogP contribution in [0.2, 0.25) is 0 Å². The Kier molecular flexibility index (Phi) is 5.45. The van der Waals surface area contributed by atoms with E-state index in [1.807, 2.05) is 0 Å². The number of rotatable bonds is 7. The minimum Gasteiger partial charge on any atom is -0.478 e. The molecule has 1 rings (SSSR count). The summed E-state index contributed by atoms with van der Waals surface area (Å²) < 4.78 is 5.03. The summed E-state index contributed by atoms with van der Waals surface area (Å²) in [4.78, 5) is 11.7. The molecular weight excluding hydrogens is 226 g/mol. The van der Waals surface area contributed by atoms with Gasteiger partial charge in [0.15, 0.2) is 0 Å². The van der Waals surface area contributed by atoms with Crippen molar-refractivity contribution >= 4 is 17.3 Å². The van der Waals surface area contributed by atoms with Gasteiger partial charge in [-0.2, -0.15) is 0 Å². The topological polar surface area (TPSA) is 58.6 Å². The van der Waals surface area contributed by atoms with Gasteiger partial charge in [0.2, 0.25) is 0 Å². The maximum Gasteiger partial charge on any atom is 0.336 e. The molecule has 16 heavy (non-hydrogen) atoms. The SMILES string of the molecule is COCC(C)CNCc1cc(C(=O)O)cs1. The fourth-order valence-corrected chi connectivity index (χ4v) is 2.20. The van der Waals surface area contributed by atoms with Gasteiger partial charge in [0.25, 0.3) is 0 Å². The number of carboxylic acids is 1. The number of ether oxygens (including phenoxy) is 1. The highest BCUT2D eigenvalue weighted by Crippen LogP contribution is 2.14. The molecule has 2 N–H and O–H groups in total. The van der Waals surface area contributed by atoms with Crippen LogP contribution in [0.3, 0.4) is 0 Å². The Morgan fingerprint density at radius 1 is 1.69 bits per heavy atom. The lowest BCUT2D eigenvalue weighted by Crippen LogP contribution is -2.23. The molecule has 0 aliphatic rings. The molecule has 5 heteroatoms.